The number of hydrogen-bond donors (Lipinski definition) is 3. The molecule has 1 aromatic carbocycles. The average Bonchev–Trinajstić information content (AvgIpc) is 2.94. The zero-order chi connectivity index (χ0) is 13.9. The molecular weight excluding hydrogens is 258 g/mol. The van der Waals surface area contributed by atoms with E-state index in [-0.39, 0.29) is 5.75 Å². The number of H-pyrrole nitrogens is 1. The van der Waals surface area contributed by atoms with Crippen molar-refractivity contribution in [2.45, 2.75) is 6.54 Å². The van der Waals surface area contributed by atoms with Crippen LogP contribution < -0.4 is 10.1 Å². The first kappa shape index (κ1) is 12.2. The molecule has 7 nitrogen and oxygen atoms in total. The fourth-order valence-corrected chi connectivity index (χ4v) is 2.02. The van der Waals surface area contributed by atoms with Gasteiger partial charge in [0.05, 0.1) is 13.4 Å². The maximum atomic E-state index is 9.73. The minimum atomic E-state index is 0.112. The number of rotatable bonds is 4. The van der Waals surface area contributed by atoms with E-state index >= 15 is 0 Å². The number of aromatic nitrogens is 4. The highest BCUT2D eigenvalue weighted by Gasteiger charge is 2.10. The van der Waals surface area contributed by atoms with Gasteiger partial charge in [-0.15, -0.1) is 0 Å². The minimum absolute atomic E-state index is 0.112. The molecule has 0 saturated heterocycles. The van der Waals surface area contributed by atoms with Crippen LogP contribution in [0.3, 0.4) is 0 Å². The van der Waals surface area contributed by atoms with E-state index in [0.717, 1.165) is 11.1 Å². The summed E-state index contributed by atoms with van der Waals surface area (Å²) in [5.41, 5.74) is 2.18. The molecule has 0 bridgehead atoms. The summed E-state index contributed by atoms with van der Waals surface area (Å²) < 4.78 is 5.19. The zero-order valence-corrected chi connectivity index (χ0v) is 10.8. The number of nitrogens with zero attached hydrogens (tertiary/aromatic N) is 3. The summed E-state index contributed by atoms with van der Waals surface area (Å²) in [5, 5.41) is 12.9. The Morgan fingerprint density at radius 1 is 1.30 bits per heavy atom. The van der Waals surface area contributed by atoms with Crippen molar-refractivity contribution in [2.75, 3.05) is 12.4 Å². The highest BCUT2D eigenvalue weighted by molar-refractivity contribution is 5.81. The second-order valence-electron chi connectivity index (χ2n) is 4.15. The van der Waals surface area contributed by atoms with E-state index in [1.54, 1.807) is 18.5 Å². The zero-order valence-electron chi connectivity index (χ0n) is 10.8. The predicted octanol–water partition coefficient (Wildman–Crippen LogP) is 1.68. The first-order valence-electron chi connectivity index (χ1n) is 6.02. The molecule has 3 rings (SSSR count). The SMILES string of the molecule is COc1c(O)cccc1CNc1ncnc2nc[nH]c12. The van der Waals surface area contributed by atoms with Crippen molar-refractivity contribution >= 4 is 17.0 Å². The van der Waals surface area contributed by atoms with Gasteiger partial charge in [-0.3, -0.25) is 0 Å². The smallest absolute Gasteiger partial charge is 0.182 e. The number of imidazole rings is 1. The molecule has 7 heteroatoms. The van der Waals surface area contributed by atoms with Crippen LogP contribution >= 0.6 is 0 Å². The molecule has 3 N–H and O–H groups in total. The lowest BCUT2D eigenvalue weighted by Crippen LogP contribution is -2.04. The van der Waals surface area contributed by atoms with Crippen LogP contribution in [0.25, 0.3) is 11.2 Å². The number of aromatic hydroxyl groups is 1. The lowest BCUT2D eigenvalue weighted by atomic mass is 10.2. The fourth-order valence-electron chi connectivity index (χ4n) is 2.02. The van der Waals surface area contributed by atoms with Gasteiger partial charge in [-0.25, -0.2) is 15.0 Å². The van der Waals surface area contributed by atoms with E-state index in [4.69, 9.17) is 4.74 Å². The van der Waals surface area contributed by atoms with Gasteiger partial charge in [0.1, 0.15) is 11.8 Å². The number of hydrogen-bond acceptors (Lipinski definition) is 6. The van der Waals surface area contributed by atoms with Crippen molar-refractivity contribution in [3.05, 3.63) is 36.4 Å². The van der Waals surface area contributed by atoms with Crippen LogP contribution in [0.15, 0.2) is 30.9 Å². The average molecular weight is 271 g/mol. The Morgan fingerprint density at radius 2 is 2.20 bits per heavy atom. The van der Waals surface area contributed by atoms with Crippen LogP contribution in [-0.2, 0) is 6.54 Å². The molecule has 0 radical (unpaired) electrons. The number of para-hydroxylation sites is 1. The summed E-state index contributed by atoms with van der Waals surface area (Å²) >= 11 is 0. The van der Waals surface area contributed by atoms with Gasteiger partial charge in [0.15, 0.2) is 23.0 Å². The van der Waals surface area contributed by atoms with E-state index in [1.165, 1.54) is 13.4 Å². The van der Waals surface area contributed by atoms with E-state index in [0.29, 0.717) is 23.8 Å². The molecule has 0 saturated carbocycles. The normalized spacial score (nSPS) is 10.7. The van der Waals surface area contributed by atoms with Gasteiger partial charge in [0.2, 0.25) is 0 Å². The van der Waals surface area contributed by atoms with Crippen LogP contribution in [0.4, 0.5) is 5.82 Å². The molecule has 0 atom stereocenters. The second kappa shape index (κ2) is 5.04. The van der Waals surface area contributed by atoms with Crippen LogP contribution in [0, 0.1) is 0 Å². The third-order valence-electron chi connectivity index (χ3n) is 2.95. The van der Waals surface area contributed by atoms with Crippen LogP contribution in [-0.4, -0.2) is 32.2 Å². The Bertz CT molecular complexity index is 740. The second-order valence-corrected chi connectivity index (χ2v) is 4.15. The van der Waals surface area contributed by atoms with Gasteiger partial charge in [-0.1, -0.05) is 12.1 Å². The molecule has 0 amide bonds. The summed E-state index contributed by atoms with van der Waals surface area (Å²) in [6, 6.07) is 5.22. The van der Waals surface area contributed by atoms with Gasteiger partial charge in [-0.2, -0.15) is 0 Å². The first-order valence-corrected chi connectivity index (χ1v) is 6.02. The van der Waals surface area contributed by atoms with E-state index in [9.17, 15) is 5.11 Å². The lowest BCUT2D eigenvalue weighted by Gasteiger charge is -2.11. The Labute approximate surface area is 114 Å². The Balaban J connectivity index is 1.87. The summed E-state index contributed by atoms with van der Waals surface area (Å²) in [4.78, 5) is 15.3. The molecule has 102 valence electrons. The Morgan fingerprint density at radius 3 is 3.05 bits per heavy atom. The molecular formula is C13H13N5O2. The third-order valence-corrected chi connectivity index (χ3v) is 2.95. The molecule has 2 heterocycles. The number of phenolic OH excluding ortho intramolecular Hbond substituents is 1. The maximum absolute atomic E-state index is 9.73. The van der Waals surface area contributed by atoms with Crippen molar-refractivity contribution in [1.29, 1.82) is 0 Å². The number of nitrogens with one attached hydrogen (secondary N) is 2. The molecule has 0 aliphatic heterocycles. The van der Waals surface area contributed by atoms with Crippen molar-refractivity contribution in [2.24, 2.45) is 0 Å². The van der Waals surface area contributed by atoms with Gasteiger partial charge >= 0.3 is 0 Å². The standard InChI is InChI=1S/C13H13N5O2/c1-20-11-8(3-2-4-9(11)19)5-14-12-10-13(16-6-15-10)18-7-17-12/h2-4,6-7,19H,5H2,1H3,(H2,14,15,16,17,18). The summed E-state index contributed by atoms with van der Waals surface area (Å²) in [6.07, 6.45) is 3.02. The minimum Gasteiger partial charge on any atom is -0.504 e. The number of ether oxygens (including phenoxy) is 1. The summed E-state index contributed by atoms with van der Waals surface area (Å²) in [5.74, 6) is 1.22. The Hall–Kier alpha value is -2.83. The lowest BCUT2D eigenvalue weighted by molar-refractivity contribution is 0.370. The van der Waals surface area contributed by atoms with Gasteiger partial charge < -0.3 is 20.1 Å². The molecule has 0 aliphatic rings. The van der Waals surface area contributed by atoms with Gasteiger partial charge in [0, 0.05) is 12.1 Å². The highest BCUT2D eigenvalue weighted by atomic mass is 16.5. The highest BCUT2D eigenvalue weighted by Crippen LogP contribution is 2.30. The number of anilines is 1. The number of benzene rings is 1. The molecule has 0 unspecified atom stereocenters. The van der Waals surface area contributed by atoms with Crippen molar-refractivity contribution < 1.29 is 9.84 Å². The molecule has 0 spiro atoms. The fraction of sp³-hybridized carbons (Fsp3) is 0.154. The first-order chi connectivity index (χ1) is 9.79. The number of phenols is 1. The molecule has 3 aromatic rings. The summed E-state index contributed by atoms with van der Waals surface area (Å²) in [6.45, 7) is 0.461. The van der Waals surface area contributed by atoms with E-state index in [2.05, 4.69) is 25.3 Å². The number of fused-ring (bicyclic) bond motifs is 1. The Kier molecular flexibility index (Phi) is 3.08. The molecule has 2 aromatic heterocycles. The van der Waals surface area contributed by atoms with Gasteiger partial charge in [-0.05, 0) is 6.07 Å². The summed E-state index contributed by atoms with van der Waals surface area (Å²) in [7, 11) is 1.52. The van der Waals surface area contributed by atoms with E-state index < -0.39 is 0 Å². The largest absolute Gasteiger partial charge is 0.504 e. The van der Waals surface area contributed by atoms with Crippen LogP contribution in [0.1, 0.15) is 5.56 Å². The number of methoxy groups -OCH3 is 1. The predicted molar refractivity (Wildman–Crippen MR) is 73.7 cm³/mol. The van der Waals surface area contributed by atoms with Crippen LogP contribution in [0.2, 0.25) is 0 Å². The van der Waals surface area contributed by atoms with Crippen molar-refractivity contribution in [3.8, 4) is 11.5 Å². The van der Waals surface area contributed by atoms with Crippen LogP contribution in [0.5, 0.6) is 11.5 Å². The topological polar surface area (TPSA) is 96.0 Å². The third kappa shape index (κ3) is 2.09. The molecule has 0 aliphatic carbocycles. The quantitative estimate of drug-likeness (QED) is 0.668. The molecule has 20 heavy (non-hydrogen) atoms. The van der Waals surface area contributed by atoms with Crippen molar-refractivity contribution in [1.82, 2.24) is 19.9 Å². The van der Waals surface area contributed by atoms with E-state index in [1.807, 2.05) is 6.07 Å². The monoisotopic (exact) mass is 271 g/mol. The van der Waals surface area contributed by atoms with Gasteiger partial charge in [0.25, 0.3) is 0 Å². The number of aromatic amines is 1. The maximum Gasteiger partial charge on any atom is 0.182 e. The van der Waals surface area contributed by atoms with Crippen molar-refractivity contribution in [3.63, 3.8) is 0 Å². The molecule has 0 fully saturated rings.